The third-order valence-electron chi connectivity index (χ3n) is 4.33. The average Bonchev–Trinajstić information content (AvgIpc) is 2.66. The number of esters is 1. The molecule has 0 saturated heterocycles. The Morgan fingerprint density at radius 3 is 1.93 bits per heavy atom. The van der Waals surface area contributed by atoms with Crippen LogP contribution in [0.5, 0.6) is 0 Å². The molecule has 0 saturated carbocycles. The Morgan fingerprint density at radius 2 is 1.48 bits per heavy atom. The van der Waals surface area contributed by atoms with Crippen LogP contribution in [0.4, 0.5) is 0 Å². The van der Waals surface area contributed by atoms with Crippen molar-refractivity contribution >= 4 is 11.9 Å². The highest BCUT2D eigenvalue weighted by Gasteiger charge is 2.24. The van der Waals surface area contributed by atoms with Crippen LogP contribution in [0.1, 0.15) is 30.9 Å². The topological polar surface area (TPSA) is 66.8 Å². The molecule has 0 spiro atoms. The normalized spacial score (nSPS) is 11.9. The van der Waals surface area contributed by atoms with Gasteiger partial charge in [-0.3, -0.25) is 14.5 Å². The molecule has 0 bridgehead atoms. The Balaban J connectivity index is 2.06. The number of rotatable bonds is 11. The van der Waals surface area contributed by atoms with Crippen LogP contribution >= 0.6 is 0 Å². The summed E-state index contributed by atoms with van der Waals surface area (Å²) >= 11 is 0. The van der Waals surface area contributed by atoms with Crippen molar-refractivity contribution in [3.05, 3.63) is 71.8 Å². The van der Waals surface area contributed by atoms with Crippen molar-refractivity contribution in [2.75, 3.05) is 13.2 Å². The molecule has 0 heterocycles. The zero-order valence-electron chi connectivity index (χ0n) is 15.7. The fourth-order valence-corrected chi connectivity index (χ4v) is 3.01. The van der Waals surface area contributed by atoms with E-state index >= 15 is 0 Å². The van der Waals surface area contributed by atoms with Crippen molar-refractivity contribution in [3.63, 3.8) is 0 Å². The number of aliphatic carboxylic acids is 1. The highest BCUT2D eigenvalue weighted by molar-refractivity contribution is 5.79. The van der Waals surface area contributed by atoms with Crippen LogP contribution in [0.3, 0.4) is 0 Å². The third kappa shape index (κ3) is 7.62. The molecule has 0 amide bonds. The van der Waals surface area contributed by atoms with E-state index < -0.39 is 17.9 Å². The first kappa shape index (κ1) is 20.6. The molecule has 0 aliphatic heterocycles. The summed E-state index contributed by atoms with van der Waals surface area (Å²) in [4.78, 5) is 25.5. The number of carbonyl (C=O) groups is 2. The first-order valence-corrected chi connectivity index (χ1v) is 9.27. The monoisotopic (exact) mass is 369 g/mol. The highest BCUT2D eigenvalue weighted by Crippen LogP contribution is 2.16. The van der Waals surface area contributed by atoms with Crippen LogP contribution in [0, 0.1) is 5.92 Å². The number of ether oxygens (including phenoxy) is 1. The van der Waals surface area contributed by atoms with Gasteiger partial charge in [-0.05, 0) is 31.0 Å². The number of carbonyl (C=O) groups excluding carboxylic acids is 1. The molecule has 0 aromatic heterocycles. The number of hydrogen-bond acceptors (Lipinski definition) is 4. The summed E-state index contributed by atoms with van der Waals surface area (Å²) in [6.07, 6.45) is 0.244. The number of nitrogens with zero attached hydrogens (tertiary/aromatic N) is 1. The maximum absolute atomic E-state index is 12.1. The second-order valence-electron chi connectivity index (χ2n) is 6.52. The van der Waals surface area contributed by atoms with Gasteiger partial charge in [-0.1, -0.05) is 60.7 Å². The molecule has 5 heteroatoms. The molecule has 2 rings (SSSR count). The van der Waals surface area contributed by atoms with Crippen molar-refractivity contribution in [1.82, 2.24) is 4.90 Å². The van der Waals surface area contributed by atoms with Gasteiger partial charge in [0, 0.05) is 13.1 Å². The zero-order valence-corrected chi connectivity index (χ0v) is 15.7. The van der Waals surface area contributed by atoms with Gasteiger partial charge in [-0.2, -0.15) is 0 Å². The smallest absolute Gasteiger partial charge is 0.309 e. The predicted octanol–water partition coefficient (Wildman–Crippen LogP) is 3.73. The number of carboxylic acids is 1. The molecular formula is C22H27NO4. The lowest BCUT2D eigenvalue weighted by Crippen LogP contribution is -2.29. The van der Waals surface area contributed by atoms with E-state index in [2.05, 4.69) is 29.2 Å². The van der Waals surface area contributed by atoms with Crippen molar-refractivity contribution < 1.29 is 19.4 Å². The maximum atomic E-state index is 12.1. The van der Waals surface area contributed by atoms with Crippen LogP contribution in [0.15, 0.2) is 60.7 Å². The van der Waals surface area contributed by atoms with E-state index in [-0.39, 0.29) is 13.0 Å². The molecule has 2 aromatic rings. The highest BCUT2D eigenvalue weighted by atomic mass is 16.5. The SMILES string of the molecule is CCOC(=O)C(CCN(Cc1ccccc1)Cc1ccccc1)CC(=O)O. The van der Waals surface area contributed by atoms with Crippen LogP contribution in [-0.2, 0) is 27.4 Å². The standard InChI is InChI=1S/C22H27NO4/c1-2-27-22(26)20(15-21(24)25)13-14-23(16-18-9-5-3-6-10-18)17-19-11-7-4-8-12-19/h3-12,20H,2,13-17H2,1H3,(H,24,25). The van der Waals surface area contributed by atoms with Crippen LogP contribution < -0.4 is 0 Å². The Kier molecular flexibility index (Phi) is 8.52. The van der Waals surface area contributed by atoms with E-state index in [1.807, 2.05) is 36.4 Å². The van der Waals surface area contributed by atoms with E-state index in [9.17, 15) is 9.59 Å². The van der Waals surface area contributed by atoms with Crippen LogP contribution in [0.25, 0.3) is 0 Å². The van der Waals surface area contributed by atoms with Crippen molar-refractivity contribution in [3.8, 4) is 0 Å². The summed E-state index contributed by atoms with van der Waals surface area (Å²) in [5.41, 5.74) is 2.36. The Hall–Kier alpha value is -2.66. The van der Waals surface area contributed by atoms with E-state index in [0.29, 0.717) is 13.0 Å². The van der Waals surface area contributed by atoms with Gasteiger partial charge in [0.2, 0.25) is 0 Å². The minimum atomic E-state index is -0.981. The molecule has 1 unspecified atom stereocenters. The van der Waals surface area contributed by atoms with Gasteiger partial charge in [0.25, 0.3) is 0 Å². The van der Waals surface area contributed by atoms with Crippen molar-refractivity contribution in [2.45, 2.75) is 32.9 Å². The molecule has 1 atom stereocenters. The van der Waals surface area contributed by atoms with Gasteiger partial charge in [0.15, 0.2) is 0 Å². The first-order valence-electron chi connectivity index (χ1n) is 9.27. The minimum absolute atomic E-state index is 0.205. The quantitative estimate of drug-likeness (QED) is 0.611. The van der Waals surface area contributed by atoms with Crippen LogP contribution in [0.2, 0.25) is 0 Å². The minimum Gasteiger partial charge on any atom is -0.481 e. The molecule has 0 radical (unpaired) electrons. The lowest BCUT2D eigenvalue weighted by molar-refractivity contribution is -0.153. The fraction of sp³-hybridized carbons (Fsp3) is 0.364. The van der Waals surface area contributed by atoms with Crippen LogP contribution in [-0.4, -0.2) is 35.1 Å². The zero-order chi connectivity index (χ0) is 19.5. The van der Waals surface area contributed by atoms with Gasteiger partial charge >= 0.3 is 11.9 Å². The van der Waals surface area contributed by atoms with E-state index in [4.69, 9.17) is 9.84 Å². The van der Waals surface area contributed by atoms with Crippen molar-refractivity contribution in [1.29, 1.82) is 0 Å². The van der Waals surface area contributed by atoms with Gasteiger partial charge in [0.1, 0.15) is 0 Å². The third-order valence-corrected chi connectivity index (χ3v) is 4.33. The summed E-state index contributed by atoms with van der Waals surface area (Å²) < 4.78 is 5.05. The number of hydrogen-bond donors (Lipinski definition) is 1. The summed E-state index contributed by atoms with van der Waals surface area (Å²) in [6, 6.07) is 20.2. The Morgan fingerprint density at radius 1 is 0.963 bits per heavy atom. The molecule has 144 valence electrons. The summed E-state index contributed by atoms with van der Waals surface area (Å²) in [6.45, 7) is 4.07. The maximum Gasteiger partial charge on any atom is 0.309 e. The molecule has 27 heavy (non-hydrogen) atoms. The summed E-state index contributed by atoms with van der Waals surface area (Å²) in [7, 11) is 0. The summed E-state index contributed by atoms with van der Waals surface area (Å²) in [5.74, 6) is -2.04. The Labute approximate surface area is 160 Å². The molecule has 2 aromatic carbocycles. The van der Waals surface area contributed by atoms with Gasteiger partial charge < -0.3 is 9.84 Å². The molecule has 0 aliphatic carbocycles. The lowest BCUT2D eigenvalue weighted by atomic mass is 10.0. The number of carboxylic acid groups (broad SMARTS) is 1. The second-order valence-corrected chi connectivity index (χ2v) is 6.52. The molecule has 0 aliphatic rings. The Bertz CT molecular complexity index is 661. The number of benzene rings is 2. The average molecular weight is 369 g/mol. The first-order chi connectivity index (χ1) is 13.1. The molecule has 1 N–H and O–H groups in total. The predicted molar refractivity (Wildman–Crippen MR) is 104 cm³/mol. The lowest BCUT2D eigenvalue weighted by Gasteiger charge is -2.24. The van der Waals surface area contributed by atoms with E-state index in [1.54, 1.807) is 6.92 Å². The summed E-state index contributed by atoms with van der Waals surface area (Å²) in [5, 5.41) is 9.12. The fourth-order valence-electron chi connectivity index (χ4n) is 3.01. The van der Waals surface area contributed by atoms with E-state index in [1.165, 1.54) is 11.1 Å². The molecular weight excluding hydrogens is 342 g/mol. The molecule has 5 nitrogen and oxygen atoms in total. The largest absolute Gasteiger partial charge is 0.481 e. The van der Waals surface area contributed by atoms with Gasteiger partial charge in [0.05, 0.1) is 18.9 Å². The van der Waals surface area contributed by atoms with Gasteiger partial charge in [-0.15, -0.1) is 0 Å². The second kappa shape index (κ2) is 11.1. The molecule has 0 fully saturated rings. The van der Waals surface area contributed by atoms with Gasteiger partial charge in [-0.25, -0.2) is 0 Å². The van der Waals surface area contributed by atoms with Crippen molar-refractivity contribution in [2.24, 2.45) is 5.92 Å². The van der Waals surface area contributed by atoms with E-state index in [0.717, 1.165) is 13.1 Å².